The first kappa shape index (κ1) is 19.5. The van der Waals surface area contributed by atoms with E-state index < -0.39 is 5.41 Å². The van der Waals surface area contributed by atoms with E-state index >= 15 is 0 Å². The SMILES string of the molecule is Cn1nccc1[C@@H]1CN(C(=O)c2ccco2)C[C@]12CCCN(Cc1ccncc1)C2=O. The van der Waals surface area contributed by atoms with Crippen molar-refractivity contribution in [2.75, 3.05) is 19.6 Å². The van der Waals surface area contributed by atoms with Crippen LogP contribution in [0, 0.1) is 5.41 Å². The van der Waals surface area contributed by atoms with Crippen LogP contribution in [0.25, 0.3) is 0 Å². The van der Waals surface area contributed by atoms with E-state index in [0.717, 1.165) is 24.1 Å². The van der Waals surface area contributed by atoms with Crippen LogP contribution in [0.15, 0.2) is 59.6 Å². The molecule has 0 N–H and O–H groups in total. The van der Waals surface area contributed by atoms with Gasteiger partial charge in [-0.3, -0.25) is 19.3 Å². The van der Waals surface area contributed by atoms with Gasteiger partial charge in [-0.1, -0.05) is 0 Å². The van der Waals surface area contributed by atoms with E-state index in [9.17, 15) is 9.59 Å². The smallest absolute Gasteiger partial charge is 0.289 e. The van der Waals surface area contributed by atoms with Crippen molar-refractivity contribution in [3.05, 3.63) is 72.2 Å². The second-order valence-electron chi connectivity index (χ2n) is 8.44. The minimum absolute atomic E-state index is 0.108. The first-order valence-electron chi connectivity index (χ1n) is 10.6. The second kappa shape index (κ2) is 7.68. The van der Waals surface area contributed by atoms with Crippen molar-refractivity contribution in [2.24, 2.45) is 12.5 Å². The Hall–Kier alpha value is -3.42. The molecule has 2 fully saturated rings. The molecule has 3 aromatic rings. The number of carbonyl (C=O) groups excluding carboxylic acids is 2. The van der Waals surface area contributed by atoms with Crippen molar-refractivity contribution in [3.8, 4) is 0 Å². The van der Waals surface area contributed by atoms with E-state index in [1.165, 1.54) is 6.26 Å². The zero-order chi connectivity index (χ0) is 21.4. The first-order chi connectivity index (χ1) is 15.1. The van der Waals surface area contributed by atoms with Gasteiger partial charge in [-0.05, 0) is 48.7 Å². The highest BCUT2D eigenvalue weighted by atomic mass is 16.3. The summed E-state index contributed by atoms with van der Waals surface area (Å²) in [6.07, 6.45) is 8.39. The zero-order valence-electron chi connectivity index (χ0n) is 17.5. The molecule has 8 heteroatoms. The van der Waals surface area contributed by atoms with E-state index in [1.807, 2.05) is 34.8 Å². The lowest BCUT2D eigenvalue weighted by molar-refractivity contribution is -0.147. The minimum atomic E-state index is -0.665. The number of piperidine rings is 1. The lowest BCUT2D eigenvalue weighted by Crippen LogP contribution is -2.52. The Kier molecular flexibility index (Phi) is 4.84. The third kappa shape index (κ3) is 3.32. The molecule has 0 aliphatic carbocycles. The highest BCUT2D eigenvalue weighted by molar-refractivity contribution is 5.93. The van der Waals surface area contributed by atoms with Gasteiger partial charge in [0.15, 0.2) is 5.76 Å². The molecule has 5 heterocycles. The summed E-state index contributed by atoms with van der Waals surface area (Å²) in [7, 11) is 1.89. The molecule has 0 saturated carbocycles. The molecule has 0 radical (unpaired) electrons. The van der Waals surface area contributed by atoms with Crippen molar-refractivity contribution in [2.45, 2.75) is 25.3 Å². The molecule has 1 spiro atoms. The van der Waals surface area contributed by atoms with Crippen LogP contribution >= 0.6 is 0 Å². The average molecular weight is 419 g/mol. The van der Waals surface area contributed by atoms with Crippen LogP contribution < -0.4 is 0 Å². The second-order valence-corrected chi connectivity index (χ2v) is 8.44. The van der Waals surface area contributed by atoms with Gasteiger partial charge in [-0.25, -0.2) is 0 Å². The topological polar surface area (TPSA) is 84.5 Å². The summed E-state index contributed by atoms with van der Waals surface area (Å²) in [5.74, 6) is 0.119. The first-order valence-corrected chi connectivity index (χ1v) is 10.6. The summed E-state index contributed by atoms with van der Waals surface area (Å²) >= 11 is 0. The third-order valence-corrected chi connectivity index (χ3v) is 6.66. The van der Waals surface area contributed by atoms with Gasteiger partial charge in [0.25, 0.3) is 5.91 Å². The maximum Gasteiger partial charge on any atom is 0.289 e. The Labute approximate surface area is 180 Å². The van der Waals surface area contributed by atoms with Gasteiger partial charge in [0.05, 0.1) is 11.7 Å². The molecule has 0 unspecified atom stereocenters. The number of amides is 2. The Morgan fingerprint density at radius 3 is 2.77 bits per heavy atom. The van der Waals surface area contributed by atoms with E-state index in [-0.39, 0.29) is 17.7 Å². The molecule has 160 valence electrons. The van der Waals surface area contributed by atoms with Gasteiger partial charge in [-0.2, -0.15) is 5.10 Å². The Morgan fingerprint density at radius 2 is 2.06 bits per heavy atom. The van der Waals surface area contributed by atoms with E-state index in [1.54, 1.807) is 35.6 Å². The number of aromatic nitrogens is 3. The molecule has 2 aliphatic heterocycles. The maximum atomic E-state index is 13.9. The number of aryl methyl sites for hydroxylation is 1. The van der Waals surface area contributed by atoms with Crippen molar-refractivity contribution in [1.29, 1.82) is 0 Å². The summed E-state index contributed by atoms with van der Waals surface area (Å²) in [5, 5.41) is 4.33. The quantitative estimate of drug-likeness (QED) is 0.649. The summed E-state index contributed by atoms with van der Waals surface area (Å²) in [5.41, 5.74) is 1.37. The van der Waals surface area contributed by atoms with Crippen molar-refractivity contribution < 1.29 is 14.0 Å². The molecule has 3 aromatic heterocycles. The molecule has 8 nitrogen and oxygen atoms in total. The zero-order valence-corrected chi connectivity index (χ0v) is 17.5. The number of carbonyl (C=O) groups is 2. The molecular weight excluding hydrogens is 394 g/mol. The van der Waals surface area contributed by atoms with Crippen LogP contribution in [0.1, 0.15) is 40.6 Å². The monoisotopic (exact) mass is 419 g/mol. The summed E-state index contributed by atoms with van der Waals surface area (Å²) in [6, 6.07) is 9.22. The van der Waals surface area contributed by atoms with Gasteiger partial charge in [-0.15, -0.1) is 0 Å². The summed E-state index contributed by atoms with van der Waals surface area (Å²) < 4.78 is 7.17. The molecule has 31 heavy (non-hydrogen) atoms. The number of hydrogen-bond acceptors (Lipinski definition) is 5. The molecule has 5 rings (SSSR count). The van der Waals surface area contributed by atoms with Crippen LogP contribution in [0.2, 0.25) is 0 Å². The van der Waals surface area contributed by atoms with Crippen LogP contribution in [0.4, 0.5) is 0 Å². The van der Waals surface area contributed by atoms with E-state index in [4.69, 9.17) is 4.42 Å². The standard InChI is InChI=1S/C23H25N5O3/c1-26-19(7-11-25-26)18-15-28(21(29)20-4-2-13-31-20)16-23(18)8-3-12-27(22(23)30)14-17-5-9-24-10-6-17/h2,4-7,9-11,13,18H,3,8,12,14-16H2,1H3/t18-,23+/m0/s1. The largest absolute Gasteiger partial charge is 0.459 e. The Bertz CT molecular complexity index is 1080. The number of nitrogens with zero attached hydrogens (tertiary/aromatic N) is 5. The molecule has 2 aliphatic rings. The molecule has 2 amide bonds. The lowest BCUT2D eigenvalue weighted by atomic mass is 9.70. The molecule has 2 saturated heterocycles. The summed E-state index contributed by atoms with van der Waals surface area (Å²) in [4.78, 5) is 34.8. The summed E-state index contributed by atoms with van der Waals surface area (Å²) in [6.45, 7) is 2.11. The normalized spacial score (nSPS) is 23.6. The number of likely N-dealkylation sites (tertiary alicyclic amines) is 2. The van der Waals surface area contributed by atoms with Crippen molar-refractivity contribution in [1.82, 2.24) is 24.6 Å². The van der Waals surface area contributed by atoms with Crippen LogP contribution in [0.3, 0.4) is 0 Å². The molecule has 0 aromatic carbocycles. The van der Waals surface area contributed by atoms with Gasteiger partial charge in [0.1, 0.15) is 0 Å². The molecule has 0 bridgehead atoms. The van der Waals surface area contributed by atoms with E-state index in [0.29, 0.717) is 31.9 Å². The Balaban J connectivity index is 1.49. The van der Waals surface area contributed by atoms with Gasteiger partial charge in [0.2, 0.25) is 5.91 Å². The molecular formula is C23H25N5O3. The number of rotatable bonds is 4. The fraction of sp³-hybridized carbons (Fsp3) is 0.391. The highest BCUT2D eigenvalue weighted by Gasteiger charge is 2.57. The van der Waals surface area contributed by atoms with Gasteiger partial charge < -0.3 is 14.2 Å². The number of pyridine rings is 1. The lowest BCUT2D eigenvalue weighted by Gasteiger charge is -2.42. The third-order valence-electron chi connectivity index (χ3n) is 6.66. The van der Waals surface area contributed by atoms with Crippen LogP contribution in [-0.2, 0) is 18.4 Å². The fourth-order valence-electron chi connectivity index (χ4n) is 5.16. The Morgan fingerprint density at radius 1 is 1.23 bits per heavy atom. The predicted molar refractivity (Wildman–Crippen MR) is 112 cm³/mol. The predicted octanol–water partition coefficient (Wildman–Crippen LogP) is 2.46. The number of hydrogen-bond donors (Lipinski definition) is 0. The van der Waals surface area contributed by atoms with Crippen LogP contribution in [0.5, 0.6) is 0 Å². The van der Waals surface area contributed by atoms with Gasteiger partial charge >= 0.3 is 0 Å². The fourth-order valence-corrected chi connectivity index (χ4v) is 5.16. The highest BCUT2D eigenvalue weighted by Crippen LogP contribution is 2.49. The number of furan rings is 1. The van der Waals surface area contributed by atoms with E-state index in [2.05, 4.69) is 10.1 Å². The average Bonchev–Trinajstić information content (AvgIpc) is 3.52. The van der Waals surface area contributed by atoms with Crippen molar-refractivity contribution >= 4 is 11.8 Å². The van der Waals surface area contributed by atoms with Gasteiger partial charge in [0, 0.05) is 63.4 Å². The minimum Gasteiger partial charge on any atom is -0.459 e. The molecule has 2 atom stereocenters. The maximum absolute atomic E-state index is 13.9. The van der Waals surface area contributed by atoms with Crippen LogP contribution in [-0.4, -0.2) is 56.0 Å². The van der Waals surface area contributed by atoms with Crippen molar-refractivity contribution in [3.63, 3.8) is 0 Å².